The van der Waals surface area contributed by atoms with Gasteiger partial charge in [0.2, 0.25) is 0 Å². The molecule has 272 valence electrons. The molecule has 0 amide bonds. The molecule has 0 heterocycles. The molecule has 0 aliphatic carbocycles. The van der Waals surface area contributed by atoms with Gasteiger partial charge in [-0.25, -0.2) is 0 Å². The minimum Gasteiger partial charge on any atom is -0.350 e. The van der Waals surface area contributed by atoms with Crippen molar-refractivity contribution < 1.29 is 14.2 Å². The molecule has 0 aliphatic heterocycles. The van der Waals surface area contributed by atoms with Crippen molar-refractivity contribution in [1.29, 1.82) is 0 Å². The van der Waals surface area contributed by atoms with E-state index >= 15 is 0 Å². The molecule has 0 rings (SSSR count). The summed E-state index contributed by atoms with van der Waals surface area (Å²) in [6.45, 7) is 15.5. The van der Waals surface area contributed by atoms with Gasteiger partial charge in [-0.3, -0.25) is 0 Å². The second-order valence-electron chi connectivity index (χ2n) is 14.4. The highest BCUT2D eigenvalue weighted by Crippen LogP contribution is 2.39. The first kappa shape index (κ1) is 44.9. The molecule has 0 atom stereocenters. The molecule has 0 aromatic rings. The molecule has 0 aromatic heterocycles. The maximum Gasteiger partial charge on any atom is 0.171 e. The first-order chi connectivity index (χ1) is 22.1. The highest BCUT2D eigenvalue weighted by Gasteiger charge is 2.42. The maximum atomic E-state index is 7.59. The predicted molar refractivity (Wildman–Crippen MR) is 200 cm³/mol. The van der Waals surface area contributed by atoms with Gasteiger partial charge in [0, 0.05) is 25.7 Å². The van der Waals surface area contributed by atoms with Crippen LogP contribution in [0.1, 0.15) is 247 Å². The van der Waals surface area contributed by atoms with Crippen LogP contribution in [-0.2, 0) is 14.2 Å². The molecule has 3 heteroatoms. The molecular weight excluding hydrogens is 552 g/mol. The smallest absolute Gasteiger partial charge is 0.171 e. The maximum absolute atomic E-state index is 7.59. The molecule has 0 saturated carbocycles. The zero-order chi connectivity index (χ0) is 33.2. The molecule has 0 aliphatic rings. The van der Waals surface area contributed by atoms with E-state index < -0.39 is 11.6 Å². The lowest BCUT2D eigenvalue weighted by Crippen LogP contribution is -2.49. The summed E-state index contributed by atoms with van der Waals surface area (Å²) in [6.07, 6.45) is 39.8. The predicted octanol–water partition coefficient (Wildman–Crippen LogP) is 15.0. The summed E-state index contributed by atoms with van der Waals surface area (Å²) in [7, 11) is 0. The van der Waals surface area contributed by atoms with Crippen molar-refractivity contribution in [2.24, 2.45) is 0 Å². The Bertz CT molecular complexity index is 490. The van der Waals surface area contributed by atoms with Gasteiger partial charge in [0.1, 0.15) is 0 Å². The summed E-state index contributed by atoms with van der Waals surface area (Å²) in [4.78, 5) is 0. The molecule has 45 heavy (non-hydrogen) atoms. The van der Waals surface area contributed by atoms with Crippen molar-refractivity contribution in [3.05, 3.63) is 0 Å². The van der Waals surface area contributed by atoms with Crippen LogP contribution in [0.4, 0.5) is 0 Å². The number of hydrogen-bond donors (Lipinski definition) is 0. The van der Waals surface area contributed by atoms with Crippen LogP contribution >= 0.6 is 0 Å². The fraction of sp³-hybridized carbons (Fsp3) is 1.00. The first-order valence-corrected chi connectivity index (χ1v) is 21.1. The highest BCUT2D eigenvalue weighted by atomic mass is 16.8. The molecule has 0 unspecified atom stereocenters. The van der Waals surface area contributed by atoms with Crippen LogP contribution in [0, 0.1) is 0 Å². The number of hydrogen-bond acceptors (Lipinski definition) is 3. The van der Waals surface area contributed by atoms with E-state index in [4.69, 9.17) is 14.2 Å². The van der Waals surface area contributed by atoms with Gasteiger partial charge >= 0.3 is 0 Å². The zero-order valence-electron chi connectivity index (χ0n) is 32.3. The number of ether oxygens (including phenoxy) is 3. The third-order valence-corrected chi connectivity index (χ3v) is 9.74. The van der Waals surface area contributed by atoms with Crippen molar-refractivity contribution in [2.45, 2.75) is 259 Å². The van der Waals surface area contributed by atoms with E-state index in [1.165, 1.54) is 167 Å². The van der Waals surface area contributed by atoms with E-state index in [1.807, 2.05) is 0 Å². The Morgan fingerprint density at radius 3 is 0.756 bits per heavy atom. The average Bonchev–Trinajstić information content (AvgIpc) is 3.05. The SMILES string of the molecule is CCCCCCCCOC(CCCCCC)(CCCCCC)OC(CCCCCC)(CCCCCC)OCCCCCCCC. The summed E-state index contributed by atoms with van der Waals surface area (Å²) in [5.41, 5.74) is 0. The van der Waals surface area contributed by atoms with E-state index in [1.54, 1.807) is 0 Å². The Labute approximate surface area is 285 Å². The molecule has 0 saturated heterocycles. The van der Waals surface area contributed by atoms with Gasteiger partial charge in [-0.1, -0.05) is 183 Å². The minimum absolute atomic E-state index is 0.512. The second-order valence-corrected chi connectivity index (χ2v) is 14.4. The zero-order valence-corrected chi connectivity index (χ0v) is 32.3. The quantitative estimate of drug-likeness (QED) is 0.0497. The van der Waals surface area contributed by atoms with Crippen LogP contribution in [0.5, 0.6) is 0 Å². The lowest BCUT2D eigenvalue weighted by atomic mass is 9.95. The molecule has 0 N–H and O–H groups in total. The van der Waals surface area contributed by atoms with Crippen LogP contribution in [0.15, 0.2) is 0 Å². The van der Waals surface area contributed by atoms with E-state index in [9.17, 15) is 0 Å². The van der Waals surface area contributed by atoms with Gasteiger partial charge in [-0.2, -0.15) is 0 Å². The summed E-state index contributed by atoms with van der Waals surface area (Å²) >= 11 is 0. The molecule has 3 nitrogen and oxygen atoms in total. The normalized spacial score (nSPS) is 12.4. The number of unbranched alkanes of at least 4 members (excludes halogenated alkanes) is 22. The van der Waals surface area contributed by atoms with E-state index in [0.717, 1.165) is 51.7 Å². The van der Waals surface area contributed by atoms with Crippen LogP contribution < -0.4 is 0 Å². The summed E-state index contributed by atoms with van der Waals surface area (Å²) < 4.78 is 21.7. The summed E-state index contributed by atoms with van der Waals surface area (Å²) in [6, 6.07) is 0. The third-order valence-electron chi connectivity index (χ3n) is 9.74. The van der Waals surface area contributed by atoms with Gasteiger partial charge in [0.05, 0.1) is 13.2 Å². The minimum atomic E-state index is -0.512. The van der Waals surface area contributed by atoms with Crippen LogP contribution in [0.25, 0.3) is 0 Å². The van der Waals surface area contributed by atoms with Crippen molar-refractivity contribution >= 4 is 0 Å². The Morgan fingerprint density at radius 2 is 0.489 bits per heavy atom. The van der Waals surface area contributed by atoms with Crippen LogP contribution in [0.2, 0.25) is 0 Å². The molecule has 0 fully saturated rings. The Hall–Kier alpha value is -0.120. The fourth-order valence-corrected chi connectivity index (χ4v) is 6.71. The fourth-order valence-electron chi connectivity index (χ4n) is 6.71. The summed E-state index contributed by atoms with van der Waals surface area (Å²) in [5, 5.41) is 0. The lowest BCUT2D eigenvalue weighted by molar-refractivity contribution is -0.369. The summed E-state index contributed by atoms with van der Waals surface area (Å²) in [5.74, 6) is -1.02. The topological polar surface area (TPSA) is 27.7 Å². The monoisotopic (exact) mass is 639 g/mol. The van der Waals surface area contributed by atoms with Crippen molar-refractivity contribution in [3.63, 3.8) is 0 Å². The molecule has 0 radical (unpaired) electrons. The highest BCUT2D eigenvalue weighted by molar-refractivity contribution is 4.80. The van der Waals surface area contributed by atoms with E-state index in [2.05, 4.69) is 41.5 Å². The number of rotatable bonds is 38. The van der Waals surface area contributed by atoms with E-state index in [0.29, 0.717) is 0 Å². The van der Waals surface area contributed by atoms with Gasteiger partial charge in [0.25, 0.3) is 0 Å². The average molecular weight is 639 g/mol. The van der Waals surface area contributed by atoms with E-state index in [-0.39, 0.29) is 0 Å². The van der Waals surface area contributed by atoms with Crippen LogP contribution in [0.3, 0.4) is 0 Å². The Kier molecular flexibility index (Phi) is 33.7. The Balaban J connectivity index is 6.10. The van der Waals surface area contributed by atoms with Gasteiger partial charge in [0.15, 0.2) is 11.6 Å². The first-order valence-electron chi connectivity index (χ1n) is 21.1. The standard InChI is InChI=1S/C42H86O3/c1-7-13-19-25-27-33-39-43-41(35-29-21-15-9-3,36-30-22-16-10-4)45-42(37-31-23-17-11-5,38-32-24-18-12-6)44-40-34-28-26-20-14-8-2/h7-40H2,1-6H3. The Morgan fingerprint density at radius 1 is 0.267 bits per heavy atom. The van der Waals surface area contributed by atoms with Crippen LogP contribution in [-0.4, -0.2) is 24.8 Å². The van der Waals surface area contributed by atoms with Gasteiger partial charge < -0.3 is 14.2 Å². The molecule has 0 bridgehead atoms. The lowest BCUT2D eigenvalue weighted by Gasteiger charge is -2.44. The van der Waals surface area contributed by atoms with Crippen molar-refractivity contribution in [3.8, 4) is 0 Å². The van der Waals surface area contributed by atoms with Crippen molar-refractivity contribution in [2.75, 3.05) is 13.2 Å². The largest absolute Gasteiger partial charge is 0.350 e. The molecule has 0 aromatic carbocycles. The second kappa shape index (κ2) is 33.8. The van der Waals surface area contributed by atoms with Gasteiger partial charge in [-0.15, -0.1) is 0 Å². The van der Waals surface area contributed by atoms with Gasteiger partial charge in [-0.05, 0) is 38.5 Å². The van der Waals surface area contributed by atoms with Crippen molar-refractivity contribution in [1.82, 2.24) is 0 Å². The molecular formula is C42H86O3. The molecule has 0 spiro atoms. The third kappa shape index (κ3) is 26.5.